The monoisotopic (exact) mass is 428 g/mol. The van der Waals surface area contributed by atoms with Gasteiger partial charge in [0.1, 0.15) is 6.04 Å². The Balaban J connectivity index is 1.62. The smallest absolute Gasteiger partial charge is 0.243 e. The molecule has 1 aromatic rings. The van der Waals surface area contributed by atoms with Crippen molar-refractivity contribution in [2.24, 2.45) is 5.73 Å². The van der Waals surface area contributed by atoms with Crippen molar-refractivity contribution in [3.63, 3.8) is 0 Å². The van der Waals surface area contributed by atoms with Gasteiger partial charge >= 0.3 is 0 Å². The van der Waals surface area contributed by atoms with E-state index in [0.29, 0.717) is 50.3 Å². The van der Waals surface area contributed by atoms with Crippen LogP contribution in [0.2, 0.25) is 5.02 Å². The highest BCUT2D eigenvalue weighted by Crippen LogP contribution is 2.27. The van der Waals surface area contributed by atoms with E-state index in [-0.39, 0.29) is 29.3 Å². The summed E-state index contributed by atoms with van der Waals surface area (Å²) in [5.41, 5.74) is 5.21. The fourth-order valence-electron chi connectivity index (χ4n) is 3.79. The third-order valence-corrected chi connectivity index (χ3v) is 7.41. The minimum atomic E-state index is -3.76. The second-order valence-electron chi connectivity index (χ2n) is 7.25. The second kappa shape index (κ2) is 8.77. The molecule has 2 fully saturated rings. The number of primary amides is 1. The summed E-state index contributed by atoms with van der Waals surface area (Å²) >= 11 is 5.85. The van der Waals surface area contributed by atoms with E-state index in [0.717, 1.165) is 0 Å². The number of likely N-dealkylation sites (tertiary alicyclic amines) is 1. The highest BCUT2D eigenvalue weighted by atomic mass is 35.5. The molecule has 0 unspecified atom stereocenters. The fraction of sp³-hybridized carbons (Fsp3) is 0.556. The molecule has 2 saturated heterocycles. The number of piperidine rings is 1. The van der Waals surface area contributed by atoms with E-state index in [1.165, 1.54) is 28.6 Å². The summed E-state index contributed by atoms with van der Waals surface area (Å²) < 4.78 is 27.2. The topological polar surface area (TPSA) is 113 Å². The Morgan fingerprint density at radius 2 is 1.75 bits per heavy atom. The second-order valence-corrected chi connectivity index (χ2v) is 9.58. The number of sulfonamides is 1. The lowest BCUT2D eigenvalue weighted by molar-refractivity contribution is -0.125. The fourth-order valence-corrected chi connectivity index (χ4v) is 5.57. The molecule has 0 bridgehead atoms. The van der Waals surface area contributed by atoms with Crippen LogP contribution in [0.15, 0.2) is 29.2 Å². The predicted octanol–water partition coefficient (Wildman–Crippen LogP) is 0.559. The molecule has 0 saturated carbocycles. The van der Waals surface area contributed by atoms with Crippen molar-refractivity contribution in [1.82, 2.24) is 14.5 Å². The number of carbonyl (C=O) groups is 2. The Bertz CT molecular complexity index is 822. The highest BCUT2D eigenvalue weighted by Gasteiger charge is 2.40. The molecule has 3 rings (SSSR count). The van der Waals surface area contributed by atoms with Gasteiger partial charge in [-0.1, -0.05) is 11.6 Å². The number of benzene rings is 1. The molecule has 3 N–H and O–H groups in total. The Morgan fingerprint density at radius 3 is 2.36 bits per heavy atom. The first-order chi connectivity index (χ1) is 13.3. The lowest BCUT2D eigenvalue weighted by Crippen LogP contribution is -2.52. The number of carbonyl (C=O) groups excluding carboxylic acids is 2. The van der Waals surface area contributed by atoms with Gasteiger partial charge in [-0.25, -0.2) is 8.42 Å². The van der Waals surface area contributed by atoms with Crippen LogP contribution in [0.1, 0.15) is 25.7 Å². The zero-order valence-corrected chi connectivity index (χ0v) is 17.1. The first kappa shape index (κ1) is 21.0. The Labute approximate surface area is 170 Å². The first-order valence-electron chi connectivity index (χ1n) is 9.36. The van der Waals surface area contributed by atoms with E-state index >= 15 is 0 Å². The molecule has 2 aliphatic heterocycles. The van der Waals surface area contributed by atoms with E-state index < -0.39 is 16.1 Å². The summed E-state index contributed by atoms with van der Waals surface area (Å²) in [5.74, 6) is -0.625. The van der Waals surface area contributed by atoms with Gasteiger partial charge in [0.2, 0.25) is 21.8 Å². The van der Waals surface area contributed by atoms with Crippen LogP contribution in [0.3, 0.4) is 0 Å². The summed E-state index contributed by atoms with van der Waals surface area (Å²) in [6.45, 7) is 1.88. The Morgan fingerprint density at radius 1 is 1.11 bits per heavy atom. The van der Waals surface area contributed by atoms with Crippen molar-refractivity contribution < 1.29 is 18.0 Å². The third kappa shape index (κ3) is 4.83. The maximum absolute atomic E-state index is 13.0. The van der Waals surface area contributed by atoms with Crippen LogP contribution in [0.25, 0.3) is 0 Å². The maximum Gasteiger partial charge on any atom is 0.243 e. The summed E-state index contributed by atoms with van der Waals surface area (Å²) in [7, 11) is -3.76. The van der Waals surface area contributed by atoms with Gasteiger partial charge in [0.25, 0.3) is 0 Å². The number of amides is 2. The van der Waals surface area contributed by atoms with Gasteiger partial charge in [0, 0.05) is 30.7 Å². The van der Waals surface area contributed by atoms with Gasteiger partial charge in [-0.15, -0.1) is 0 Å². The molecule has 1 atom stereocenters. The third-order valence-electron chi connectivity index (χ3n) is 5.24. The largest absolute Gasteiger partial charge is 0.369 e. The molecule has 28 heavy (non-hydrogen) atoms. The number of rotatable bonds is 6. The Kier molecular flexibility index (Phi) is 6.59. The van der Waals surface area contributed by atoms with E-state index in [1.807, 2.05) is 4.90 Å². The molecule has 0 aromatic heterocycles. The number of hydrogen-bond donors (Lipinski definition) is 2. The number of nitrogens with one attached hydrogen (secondary N) is 1. The molecule has 2 amide bonds. The van der Waals surface area contributed by atoms with E-state index in [2.05, 4.69) is 5.32 Å². The van der Waals surface area contributed by atoms with Gasteiger partial charge < -0.3 is 11.1 Å². The number of nitrogens with two attached hydrogens (primary N) is 1. The zero-order valence-electron chi connectivity index (χ0n) is 15.5. The minimum absolute atomic E-state index is 0.0303. The number of halogens is 1. The van der Waals surface area contributed by atoms with Crippen molar-refractivity contribution in [1.29, 1.82) is 0 Å². The average molecular weight is 429 g/mol. The highest BCUT2D eigenvalue weighted by molar-refractivity contribution is 7.89. The van der Waals surface area contributed by atoms with Crippen molar-refractivity contribution in [3.8, 4) is 0 Å². The number of hydrogen-bond acceptors (Lipinski definition) is 5. The van der Waals surface area contributed by atoms with Gasteiger partial charge in [-0.3, -0.25) is 14.5 Å². The van der Waals surface area contributed by atoms with Crippen LogP contribution in [0, 0.1) is 0 Å². The van der Waals surface area contributed by atoms with E-state index in [9.17, 15) is 18.0 Å². The molecule has 1 aromatic carbocycles. The molecule has 0 spiro atoms. The molecule has 2 heterocycles. The van der Waals surface area contributed by atoms with Crippen LogP contribution in [0.4, 0.5) is 0 Å². The van der Waals surface area contributed by atoms with Crippen LogP contribution >= 0.6 is 11.6 Å². The zero-order chi connectivity index (χ0) is 20.3. The van der Waals surface area contributed by atoms with Crippen LogP contribution < -0.4 is 11.1 Å². The first-order valence-corrected chi connectivity index (χ1v) is 11.2. The lowest BCUT2D eigenvalue weighted by atomic mass is 10.0. The van der Waals surface area contributed by atoms with Crippen molar-refractivity contribution >= 4 is 33.4 Å². The van der Waals surface area contributed by atoms with Crippen molar-refractivity contribution in [3.05, 3.63) is 29.3 Å². The Hall–Kier alpha value is -1.68. The normalized spacial score (nSPS) is 22.2. The van der Waals surface area contributed by atoms with Crippen LogP contribution in [-0.4, -0.2) is 67.7 Å². The molecule has 10 heteroatoms. The molecule has 0 radical (unpaired) electrons. The van der Waals surface area contributed by atoms with E-state index in [1.54, 1.807) is 0 Å². The van der Waals surface area contributed by atoms with Crippen molar-refractivity contribution in [2.75, 3.05) is 26.2 Å². The van der Waals surface area contributed by atoms with Crippen molar-refractivity contribution in [2.45, 2.75) is 42.7 Å². The molecule has 0 aliphatic carbocycles. The molecular formula is C18H25ClN4O4S. The standard InChI is InChI=1S/C18H25ClN4O4S/c19-13-3-5-15(6-4-13)28(26,27)23-9-1-2-16(23)18(25)21-14-7-10-22(11-8-14)12-17(20)24/h3-6,14,16H,1-2,7-12H2,(H2,20,24)(H,21,25)/t16-/m0/s1. The van der Waals surface area contributed by atoms with Gasteiger partial charge in [0.05, 0.1) is 11.4 Å². The summed E-state index contributed by atoms with van der Waals surface area (Å²) in [5, 5.41) is 3.44. The minimum Gasteiger partial charge on any atom is -0.369 e. The molecule has 8 nitrogen and oxygen atoms in total. The van der Waals surface area contributed by atoms with Gasteiger partial charge in [-0.2, -0.15) is 4.31 Å². The quantitative estimate of drug-likeness (QED) is 0.687. The maximum atomic E-state index is 13.0. The molecule has 154 valence electrons. The average Bonchev–Trinajstić information content (AvgIpc) is 3.14. The summed E-state index contributed by atoms with van der Waals surface area (Å²) in [4.78, 5) is 25.9. The predicted molar refractivity (Wildman–Crippen MR) is 105 cm³/mol. The summed E-state index contributed by atoms with van der Waals surface area (Å²) in [6.07, 6.45) is 2.55. The molecular weight excluding hydrogens is 404 g/mol. The van der Waals surface area contributed by atoms with Crippen LogP contribution in [0.5, 0.6) is 0 Å². The summed E-state index contributed by atoms with van der Waals surface area (Å²) in [6, 6.07) is 5.24. The van der Waals surface area contributed by atoms with Crippen LogP contribution in [-0.2, 0) is 19.6 Å². The SMILES string of the molecule is NC(=O)CN1CCC(NC(=O)[C@@H]2CCCN2S(=O)(=O)c2ccc(Cl)cc2)CC1. The van der Waals surface area contributed by atoms with Gasteiger partial charge in [0.15, 0.2) is 0 Å². The molecule has 2 aliphatic rings. The van der Waals surface area contributed by atoms with Gasteiger partial charge in [-0.05, 0) is 49.9 Å². The van der Waals surface area contributed by atoms with E-state index in [4.69, 9.17) is 17.3 Å². The number of nitrogens with zero attached hydrogens (tertiary/aromatic N) is 2. The lowest BCUT2D eigenvalue weighted by Gasteiger charge is -2.32.